The number of ether oxygens (including phenoxy) is 3. The van der Waals surface area contributed by atoms with Crippen LogP contribution in [0.1, 0.15) is 44.2 Å². The lowest BCUT2D eigenvalue weighted by molar-refractivity contribution is -0.126. The summed E-state index contributed by atoms with van der Waals surface area (Å²) in [6.07, 6.45) is 6.83. The second-order valence-electron chi connectivity index (χ2n) is 8.62. The number of carbonyl (C=O) groups excluding carboxylic acids is 1. The van der Waals surface area contributed by atoms with Crippen molar-refractivity contribution in [3.63, 3.8) is 0 Å². The van der Waals surface area contributed by atoms with Crippen LogP contribution in [-0.4, -0.2) is 44.7 Å². The molecule has 1 fully saturated rings. The number of methoxy groups -OCH3 is 2. The van der Waals surface area contributed by atoms with E-state index in [0.29, 0.717) is 18.1 Å². The topological polar surface area (TPSA) is 61.1 Å². The van der Waals surface area contributed by atoms with Crippen LogP contribution in [0.25, 0.3) is 27.7 Å². The molecule has 180 valence electrons. The molecule has 0 radical (unpaired) electrons. The molecule has 1 aliphatic heterocycles. The van der Waals surface area contributed by atoms with E-state index in [-0.39, 0.29) is 5.91 Å². The van der Waals surface area contributed by atoms with Crippen molar-refractivity contribution in [3.05, 3.63) is 47.7 Å². The standard InChI is InChI=1S/C28H33NO5/c1-6-33-27-19(3)28-22(16-21(27)18(2)14-26(30)29-12-8-7-9-13-29)23(17-34-28)20-10-11-24(31-4)25(15-20)32-5/h10-11,14-17H,6-9,12-13H2,1-5H3/b18-14+. The van der Waals surface area contributed by atoms with Crippen LogP contribution >= 0.6 is 0 Å². The largest absolute Gasteiger partial charge is 0.493 e. The molecular weight excluding hydrogens is 430 g/mol. The summed E-state index contributed by atoms with van der Waals surface area (Å²) in [5, 5.41) is 0.960. The highest BCUT2D eigenvalue weighted by Gasteiger charge is 2.21. The van der Waals surface area contributed by atoms with E-state index >= 15 is 0 Å². The molecule has 4 rings (SSSR count). The second kappa shape index (κ2) is 10.2. The number of piperidine rings is 1. The summed E-state index contributed by atoms with van der Waals surface area (Å²) in [5.41, 5.74) is 5.37. The summed E-state index contributed by atoms with van der Waals surface area (Å²) in [5.74, 6) is 2.14. The minimum Gasteiger partial charge on any atom is -0.493 e. The summed E-state index contributed by atoms with van der Waals surface area (Å²) < 4.78 is 22.9. The molecule has 0 N–H and O–H groups in total. The van der Waals surface area contributed by atoms with E-state index in [2.05, 4.69) is 6.07 Å². The lowest BCUT2D eigenvalue weighted by Gasteiger charge is -2.25. The first kappa shape index (κ1) is 23.7. The highest BCUT2D eigenvalue weighted by Crippen LogP contribution is 2.42. The van der Waals surface area contributed by atoms with Gasteiger partial charge in [-0.3, -0.25) is 4.79 Å². The third-order valence-corrected chi connectivity index (χ3v) is 6.46. The average molecular weight is 464 g/mol. The van der Waals surface area contributed by atoms with Gasteiger partial charge in [-0.15, -0.1) is 0 Å². The zero-order valence-electron chi connectivity index (χ0n) is 20.7. The Morgan fingerprint density at radius 1 is 1.09 bits per heavy atom. The minimum atomic E-state index is 0.0599. The fourth-order valence-corrected chi connectivity index (χ4v) is 4.63. The molecule has 1 aliphatic rings. The van der Waals surface area contributed by atoms with Crippen molar-refractivity contribution >= 4 is 22.4 Å². The van der Waals surface area contributed by atoms with Crippen molar-refractivity contribution in [2.45, 2.75) is 40.0 Å². The lowest BCUT2D eigenvalue weighted by atomic mass is 9.96. The van der Waals surface area contributed by atoms with Gasteiger partial charge >= 0.3 is 0 Å². The Kier molecular flexibility index (Phi) is 7.15. The second-order valence-corrected chi connectivity index (χ2v) is 8.62. The van der Waals surface area contributed by atoms with Crippen molar-refractivity contribution in [2.24, 2.45) is 0 Å². The molecule has 3 aromatic rings. The van der Waals surface area contributed by atoms with E-state index in [1.807, 2.05) is 43.9 Å². The van der Waals surface area contributed by atoms with Crippen LogP contribution in [0.15, 0.2) is 41.0 Å². The van der Waals surface area contributed by atoms with E-state index in [1.54, 1.807) is 26.6 Å². The van der Waals surface area contributed by atoms with Crippen LogP contribution < -0.4 is 14.2 Å². The van der Waals surface area contributed by atoms with Crippen molar-refractivity contribution in [3.8, 4) is 28.4 Å². The Morgan fingerprint density at radius 3 is 2.50 bits per heavy atom. The maximum absolute atomic E-state index is 12.9. The fourth-order valence-electron chi connectivity index (χ4n) is 4.63. The maximum Gasteiger partial charge on any atom is 0.246 e. The van der Waals surface area contributed by atoms with E-state index in [0.717, 1.165) is 70.5 Å². The molecule has 1 saturated heterocycles. The molecular formula is C28H33NO5. The van der Waals surface area contributed by atoms with E-state index in [9.17, 15) is 4.79 Å². The van der Waals surface area contributed by atoms with Crippen molar-refractivity contribution in [1.82, 2.24) is 4.90 Å². The van der Waals surface area contributed by atoms with Gasteiger partial charge in [0, 0.05) is 41.2 Å². The van der Waals surface area contributed by atoms with Gasteiger partial charge < -0.3 is 23.5 Å². The average Bonchev–Trinajstić information content (AvgIpc) is 3.30. The van der Waals surface area contributed by atoms with E-state index in [4.69, 9.17) is 18.6 Å². The molecule has 0 saturated carbocycles. The van der Waals surface area contributed by atoms with E-state index < -0.39 is 0 Å². The van der Waals surface area contributed by atoms with Gasteiger partial charge in [-0.25, -0.2) is 0 Å². The third kappa shape index (κ3) is 4.49. The number of nitrogens with zero attached hydrogens (tertiary/aromatic N) is 1. The molecule has 0 aliphatic carbocycles. The van der Waals surface area contributed by atoms with Gasteiger partial charge in [-0.1, -0.05) is 6.07 Å². The molecule has 0 unspecified atom stereocenters. The number of carbonyl (C=O) groups is 1. The molecule has 0 bridgehead atoms. The summed E-state index contributed by atoms with van der Waals surface area (Å²) in [6, 6.07) is 7.88. The number of benzene rings is 2. The first-order valence-corrected chi connectivity index (χ1v) is 11.9. The predicted molar refractivity (Wildman–Crippen MR) is 135 cm³/mol. The molecule has 2 aromatic carbocycles. The number of furan rings is 1. The van der Waals surface area contributed by atoms with Crippen LogP contribution in [0, 0.1) is 6.92 Å². The number of amides is 1. The Labute approximate surface area is 201 Å². The molecule has 1 aromatic heterocycles. The van der Waals surface area contributed by atoms with Crippen LogP contribution in [0.2, 0.25) is 0 Å². The van der Waals surface area contributed by atoms with Gasteiger partial charge in [0.25, 0.3) is 0 Å². The van der Waals surface area contributed by atoms with Crippen molar-refractivity contribution in [2.75, 3.05) is 33.9 Å². The Morgan fingerprint density at radius 2 is 1.82 bits per heavy atom. The van der Waals surface area contributed by atoms with Gasteiger partial charge in [0.2, 0.25) is 5.91 Å². The van der Waals surface area contributed by atoms with Gasteiger partial charge in [-0.2, -0.15) is 0 Å². The fraction of sp³-hybridized carbons (Fsp3) is 0.393. The first-order valence-electron chi connectivity index (χ1n) is 11.9. The maximum atomic E-state index is 12.9. The summed E-state index contributed by atoms with van der Waals surface area (Å²) in [4.78, 5) is 14.9. The van der Waals surface area contributed by atoms with Crippen LogP contribution in [0.5, 0.6) is 17.2 Å². The Bertz CT molecular complexity index is 1220. The van der Waals surface area contributed by atoms with E-state index in [1.165, 1.54) is 6.42 Å². The number of rotatable bonds is 7. The smallest absolute Gasteiger partial charge is 0.246 e. The number of hydrogen-bond acceptors (Lipinski definition) is 5. The normalized spacial score (nSPS) is 14.4. The molecule has 0 spiro atoms. The third-order valence-electron chi connectivity index (χ3n) is 6.46. The minimum absolute atomic E-state index is 0.0599. The monoisotopic (exact) mass is 463 g/mol. The summed E-state index contributed by atoms with van der Waals surface area (Å²) in [7, 11) is 3.25. The van der Waals surface area contributed by atoms with Crippen molar-refractivity contribution < 1.29 is 23.4 Å². The van der Waals surface area contributed by atoms with Gasteiger partial charge in [0.1, 0.15) is 11.3 Å². The Hall–Kier alpha value is -3.41. The SMILES string of the molecule is CCOc1c(/C(C)=C/C(=O)N2CCCCC2)cc2c(-c3ccc(OC)c(OC)c3)coc2c1C. The highest BCUT2D eigenvalue weighted by molar-refractivity contribution is 6.02. The van der Waals surface area contributed by atoms with Gasteiger partial charge in [0.05, 0.1) is 27.1 Å². The number of allylic oxidation sites excluding steroid dienone is 1. The zero-order valence-corrected chi connectivity index (χ0v) is 20.7. The zero-order chi connectivity index (χ0) is 24.2. The molecule has 34 heavy (non-hydrogen) atoms. The van der Waals surface area contributed by atoms with Crippen LogP contribution in [0.3, 0.4) is 0 Å². The molecule has 6 heteroatoms. The Balaban J connectivity index is 1.82. The van der Waals surface area contributed by atoms with Crippen LogP contribution in [0.4, 0.5) is 0 Å². The van der Waals surface area contributed by atoms with Crippen molar-refractivity contribution in [1.29, 1.82) is 0 Å². The molecule has 6 nitrogen and oxygen atoms in total. The molecule has 1 amide bonds. The van der Waals surface area contributed by atoms with Crippen LogP contribution in [-0.2, 0) is 4.79 Å². The molecule has 2 heterocycles. The summed E-state index contributed by atoms with van der Waals surface area (Å²) >= 11 is 0. The number of likely N-dealkylation sites (tertiary alicyclic amines) is 1. The highest BCUT2D eigenvalue weighted by atomic mass is 16.5. The van der Waals surface area contributed by atoms with Gasteiger partial charge in [-0.05, 0) is 69.4 Å². The van der Waals surface area contributed by atoms with Gasteiger partial charge in [0.15, 0.2) is 11.5 Å². The molecule has 0 atom stereocenters. The number of fused-ring (bicyclic) bond motifs is 1. The summed E-state index contributed by atoms with van der Waals surface area (Å²) in [6.45, 7) is 8.10. The lowest BCUT2D eigenvalue weighted by Crippen LogP contribution is -2.34. The number of hydrogen-bond donors (Lipinski definition) is 0. The first-order chi connectivity index (χ1) is 16.5. The quantitative estimate of drug-likeness (QED) is 0.388. The predicted octanol–water partition coefficient (Wildman–Crippen LogP) is 6.24. The number of aryl methyl sites for hydroxylation is 1.